The first-order valence-corrected chi connectivity index (χ1v) is 11.0. The van der Waals surface area contributed by atoms with Crippen molar-refractivity contribution < 1.29 is 18.3 Å². The van der Waals surface area contributed by atoms with Gasteiger partial charge >= 0.3 is 12.3 Å². The zero-order valence-electron chi connectivity index (χ0n) is 18.8. The van der Waals surface area contributed by atoms with Gasteiger partial charge in [0, 0.05) is 31.4 Å². The minimum Gasteiger partial charge on any atom is -0.434 e. The summed E-state index contributed by atoms with van der Waals surface area (Å²) in [5, 5.41) is 4.72. The molecule has 1 aliphatic rings. The summed E-state index contributed by atoms with van der Waals surface area (Å²) in [5.74, 6) is 0.00316. The maximum Gasteiger partial charge on any atom is 0.387 e. The van der Waals surface area contributed by atoms with Gasteiger partial charge in [-0.05, 0) is 31.5 Å². The Labute approximate surface area is 193 Å². The molecule has 0 unspecified atom stereocenters. The van der Waals surface area contributed by atoms with Gasteiger partial charge in [0.05, 0.1) is 24.1 Å². The van der Waals surface area contributed by atoms with E-state index in [9.17, 15) is 13.6 Å². The van der Waals surface area contributed by atoms with Crippen molar-refractivity contribution in [1.29, 1.82) is 0 Å². The number of para-hydroxylation sites is 1. The minimum atomic E-state index is -2.97. The standard InChI is InChI=1S/C23H24F2N6O3/c1-14-9-29(10-15(2)33-14)11-16-7-18-20(26-8-16)30(23(32)31-21(18)27-13-28-31)12-17-5-3-4-6-19(17)34-22(24)25/h3-8,13-15,22H,9-12H2,1-2H3/t14-,15+. The number of morpholine rings is 1. The maximum atomic E-state index is 13.2. The summed E-state index contributed by atoms with van der Waals surface area (Å²) in [6, 6.07) is 8.33. The molecular weight excluding hydrogens is 446 g/mol. The van der Waals surface area contributed by atoms with Gasteiger partial charge in [0.1, 0.15) is 17.7 Å². The molecule has 5 rings (SSSR count). The van der Waals surface area contributed by atoms with Crippen molar-refractivity contribution in [1.82, 2.24) is 29.0 Å². The van der Waals surface area contributed by atoms with Crippen LogP contribution in [-0.2, 0) is 17.8 Å². The molecule has 0 saturated carbocycles. The SMILES string of the molecule is C[C@@H]1CN(Cc2cnc3c(c2)c2ncnn2c(=O)n3Cc2ccccc2OC(F)F)C[C@H](C)O1. The molecule has 1 aliphatic heterocycles. The van der Waals surface area contributed by atoms with Gasteiger partial charge in [0.2, 0.25) is 0 Å². The summed E-state index contributed by atoms with van der Waals surface area (Å²) in [7, 11) is 0. The number of aromatic nitrogens is 5. The van der Waals surface area contributed by atoms with Gasteiger partial charge < -0.3 is 9.47 Å². The predicted molar refractivity (Wildman–Crippen MR) is 120 cm³/mol. The summed E-state index contributed by atoms with van der Waals surface area (Å²) in [4.78, 5) is 24.4. The fourth-order valence-corrected chi connectivity index (χ4v) is 4.57. The van der Waals surface area contributed by atoms with Crippen LogP contribution in [0.5, 0.6) is 5.75 Å². The van der Waals surface area contributed by atoms with Crippen LogP contribution in [0.2, 0.25) is 0 Å². The Balaban J connectivity index is 1.57. The molecular formula is C23H24F2N6O3. The number of ether oxygens (including phenoxy) is 2. The lowest BCUT2D eigenvalue weighted by molar-refractivity contribution is -0.0705. The zero-order valence-corrected chi connectivity index (χ0v) is 18.8. The van der Waals surface area contributed by atoms with Crippen LogP contribution in [0, 0.1) is 0 Å². The summed E-state index contributed by atoms with van der Waals surface area (Å²) in [6.07, 6.45) is 3.33. The van der Waals surface area contributed by atoms with Crippen LogP contribution < -0.4 is 10.4 Å². The number of rotatable bonds is 6. The van der Waals surface area contributed by atoms with E-state index < -0.39 is 12.3 Å². The molecule has 0 amide bonds. The fraction of sp³-hybridized carbons (Fsp3) is 0.391. The van der Waals surface area contributed by atoms with Crippen LogP contribution in [0.25, 0.3) is 16.7 Å². The van der Waals surface area contributed by atoms with Gasteiger partial charge in [-0.25, -0.2) is 14.8 Å². The topological polar surface area (TPSA) is 86.8 Å². The van der Waals surface area contributed by atoms with Crippen molar-refractivity contribution in [3.05, 3.63) is 64.5 Å². The molecule has 0 spiro atoms. The van der Waals surface area contributed by atoms with E-state index >= 15 is 0 Å². The van der Waals surface area contributed by atoms with Crippen molar-refractivity contribution >= 4 is 16.7 Å². The number of fused-ring (bicyclic) bond motifs is 3. The Kier molecular flexibility index (Phi) is 5.96. The van der Waals surface area contributed by atoms with E-state index in [1.807, 2.05) is 6.07 Å². The second-order valence-electron chi connectivity index (χ2n) is 8.52. The molecule has 178 valence electrons. The molecule has 3 aromatic heterocycles. The summed E-state index contributed by atoms with van der Waals surface area (Å²) >= 11 is 0. The molecule has 34 heavy (non-hydrogen) atoms. The van der Waals surface area contributed by atoms with Crippen molar-refractivity contribution in [3.8, 4) is 5.75 Å². The molecule has 4 heterocycles. The Hall–Kier alpha value is -3.44. The number of hydrogen-bond acceptors (Lipinski definition) is 7. The van der Waals surface area contributed by atoms with Crippen LogP contribution >= 0.6 is 0 Å². The third kappa shape index (κ3) is 4.36. The van der Waals surface area contributed by atoms with E-state index in [4.69, 9.17) is 4.74 Å². The molecule has 1 fully saturated rings. The van der Waals surface area contributed by atoms with Gasteiger partial charge in [-0.2, -0.15) is 18.4 Å². The van der Waals surface area contributed by atoms with Crippen molar-refractivity contribution in [2.24, 2.45) is 0 Å². The molecule has 0 aliphatic carbocycles. The van der Waals surface area contributed by atoms with E-state index in [2.05, 4.69) is 38.6 Å². The predicted octanol–water partition coefficient (Wildman–Crippen LogP) is 2.70. The summed E-state index contributed by atoms with van der Waals surface area (Å²) < 4.78 is 38.8. The van der Waals surface area contributed by atoms with Gasteiger partial charge in [-0.1, -0.05) is 18.2 Å². The highest BCUT2D eigenvalue weighted by Crippen LogP contribution is 2.24. The van der Waals surface area contributed by atoms with E-state index in [0.717, 1.165) is 18.7 Å². The summed E-state index contributed by atoms with van der Waals surface area (Å²) in [6.45, 7) is 3.40. The molecule has 1 saturated heterocycles. The fourth-order valence-electron chi connectivity index (χ4n) is 4.57. The lowest BCUT2D eigenvalue weighted by Crippen LogP contribution is -2.44. The van der Waals surface area contributed by atoms with Crippen molar-refractivity contribution in [3.63, 3.8) is 0 Å². The second kappa shape index (κ2) is 9.07. The van der Waals surface area contributed by atoms with Crippen LogP contribution in [-0.4, -0.2) is 61.0 Å². The lowest BCUT2D eigenvalue weighted by atomic mass is 10.1. The smallest absolute Gasteiger partial charge is 0.387 e. The third-order valence-electron chi connectivity index (χ3n) is 5.80. The van der Waals surface area contributed by atoms with E-state index in [1.165, 1.54) is 21.5 Å². The number of benzene rings is 1. The number of pyridine rings is 1. The first-order valence-electron chi connectivity index (χ1n) is 11.0. The quantitative estimate of drug-likeness (QED) is 0.428. The van der Waals surface area contributed by atoms with Crippen LogP contribution in [0.15, 0.2) is 47.7 Å². The first-order chi connectivity index (χ1) is 16.4. The Morgan fingerprint density at radius 3 is 2.65 bits per heavy atom. The highest BCUT2D eigenvalue weighted by molar-refractivity contribution is 5.89. The largest absolute Gasteiger partial charge is 0.434 e. The minimum absolute atomic E-state index is 0.00316. The molecule has 0 bridgehead atoms. The Bertz CT molecular complexity index is 1380. The summed E-state index contributed by atoms with van der Waals surface area (Å²) in [5.41, 5.74) is 1.71. The molecule has 0 radical (unpaired) electrons. The highest BCUT2D eigenvalue weighted by atomic mass is 19.3. The second-order valence-corrected chi connectivity index (χ2v) is 8.52. The van der Waals surface area contributed by atoms with Gasteiger partial charge in [0.15, 0.2) is 5.65 Å². The van der Waals surface area contributed by atoms with E-state index in [-0.39, 0.29) is 24.5 Å². The number of nitrogens with zero attached hydrogens (tertiary/aromatic N) is 6. The molecule has 1 aromatic carbocycles. The van der Waals surface area contributed by atoms with E-state index in [1.54, 1.807) is 24.4 Å². The van der Waals surface area contributed by atoms with Crippen LogP contribution in [0.3, 0.4) is 0 Å². The third-order valence-corrected chi connectivity index (χ3v) is 5.80. The monoisotopic (exact) mass is 470 g/mol. The Morgan fingerprint density at radius 1 is 1.12 bits per heavy atom. The molecule has 11 heteroatoms. The lowest BCUT2D eigenvalue weighted by Gasteiger charge is -2.35. The first kappa shape index (κ1) is 22.4. The van der Waals surface area contributed by atoms with Crippen LogP contribution in [0.4, 0.5) is 8.78 Å². The van der Waals surface area contributed by atoms with Crippen molar-refractivity contribution in [2.75, 3.05) is 13.1 Å². The van der Waals surface area contributed by atoms with Crippen molar-refractivity contribution in [2.45, 2.75) is 45.8 Å². The average Bonchev–Trinajstić information content (AvgIpc) is 3.27. The Morgan fingerprint density at radius 2 is 1.88 bits per heavy atom. The zero-order chi connectivity index (χ0) is 23.8. The number of alkyl halides is 2. The number of hydrogen-bond donors (Lipinski definition) is 0. The van der Waals surface area contributed by atoms with Gasteiger partial charge in [-0.15, -0.1) is 0 Å². The highest BCUT2D eigenvalue weighted by Gasteiger charge is 2.23. The normalized spacial score (nSPS) is 19.3. The number of halogens is 2. The molecule has 9 nitrogen and oxygen atoms in total. The van der Waals surface area contributed by atoms with Gasteiger partial charge in [-0.3, -0.25) is 9.47 Å². The average molecular weight is 470 g/mol. The van der Waals surface area contributed by atoms with Crippen LogP contribution in [0.1, 0.15) is 25.0 Å². The molecule has 4 aromatic rings. The maximum absolute atomic E-state index is 13.2. The molecule has 2 atom stereocenters. The molecule has 0 N–H and O–H groups in total. The van der Waals surface area contributed by atoms with E-state index in [0.29, 0.717) is 28.8 Å². The van der Waals surface area contributed by atoms with Gasteiger partial charge in [0.25, 0.3) is 0 Å².